The molecular formula is C18H23NO5S. The van der Waals surface area contributed by atoms with Crippen molar-refractivity contribution in [3.63, 3.8) is 0 Å². The summed E-state index contributed by atoms with van der Waals surface area (Å²) in [6, 6.07) is 6.85. The molecule has 0 saturated carbocycles. The Hall–Kier alpha value is -1.73. The Labute approximate surface area is 151 Å². The third-order valence-corrected chi connectivity index (χ3v) is 5.65. The Bertz CT molecular complexity index is 624. The number of hydrogen-bond acceptors (Lipinski definition) is 5. The SMILES string of the molecule is O=C(NC1(C(=O)O)CCSCC1)c1cccc(OCC2CCCO2)c1. The summed E-state index contributed by atoms with van der Waals surface area (Å²) in [5.41, 5.74) is -0.764. The van der Waals surface area contributed by atoms with Gasteiger partial charge in [0.05, 0.1) is 6.10 Å². The third-order valence-electron chi connectivity index (χ3n) is 4.66. The Morgan fingerprint density at radius 2 is 2.16 bits per heavy atom. The van der Waals surface area contributed by atoms with Gasteiger partial charge in [-0.3, -0.25) is 4.79 Å². The number of carboxylic acid groups (broad SMARTS) is 1. The molecule has 2 N–H and O–H groups in total. The fraction of sp³-hybridized carbons (Fsp3) is 0.556. The Kier molecular flexibility index (Phi) is 5.86. The molecule has 2 aliphatic rings. The lowest BCUT2D eigenvalue weighted by molar-refractivity contribution is -0.144. The number of hydrogen-bond donors (Lipinski definition) is 2. The van der Waals surface area contributed by atoms with Gasteiger partial charge in [-0.05, 0) is 55.4 Å². The number of aliphatic carboxylic acids is 1. The van der Waals surface area contributed by atoms with Crippen molar-refractivity contribution >= 4 is 23.6 Å². The number of amides is 1. The van der Waals surface area contributed by atoms with Crippen LogP contribution in [0.3, 0.4) is 0 Å². The minimum Gasteiger partial charge on any atom is -0.491 e. The zero-order valence-electron chi connectivity index (χ0n) is 14.0. The molecule has 136 valence electrons. The molecule has 1 aromatic carbocycles. The molecule has 1 aromatic rings. The van der Waals surface area contributed by atoms with E-state index in [0.717, 1.165) is 31.0 Å². The number of carbonyl (C=O) groups is 2. The van der Waals surface area contributed by atoms with Crippen LogP contribution in [-0.2, 0) is 9.53 Å². The van der Waals surface area contributed by atoms with E-state index in [0.29, 0.717) is 30.8 Å². The van der Waals surface area contributed by atoms with E-state index < -0.39 is 11.5 Å². The molecule has 0 radical (unpaired) electrons. The van der Waals surface area contributed by atoms with Crippen LogP contribution in [0.5, 0.6) is 5.75 Å². The molecule has 7 heteroatoms. The fourth-order valence-electron chi connectivity index (χ4n) is 3.09. The standard InChI is InChI=1S/C18H23NO5S/c20-16(19-18(17(21)22)6-9-25-10-7-18)13-3-1-4-14(11-13)24-12-15-5-2-8-23-15/h1,3-4,11,15H,2,5-10,12H2,(H,19,20)(H,21,22). The van der Waals surface area contributed by atoms with Crippen molar-refractivity contribution in [3.05, 3.63) is 29.8 Å². The number of carbonyl (C=O) groups excluding carboxylic acids is 1. The lowest BCUT2D eigenvalue weighted by atomic mass is 9.92. The molecule has 2 fully saturated rings. The highest BCUT2D eigenvalue weighted by Crippen LogP contribution is 2.28. The lowest BCUT2D eigenvalue weighted by Crippen LogP contribution is -2.56. The zero-order chi connectivity index (χ0) is 17.7. The first-order valence-corrected chi connectivity index (χ1v) is 9.73. The smallest absolute Gasteiger partial charge is 0.329 e. The van der Waals surface area contributed by atoms with E-state index in [1.165, 1.54) is 0 Å². The summed E-state index contributed by atoms with van der Waals surface area (Å²) in [6.07, 6.45) is 3.01. The molecule has 0 spiro atoms. The maximum absolute atomic E-state index is 12.6. The van der Waals surface area contributed by atoms with Crippen molar-refractivity contribution < 1.29 is 24.2 Å². The second-order valence-electron chi connectivity index (χ2n) is 6.43. The molecule has 0 bridgehead atoms. The van der Waals surface area contributed by atoms with Crippen molar-refractivity contribution in [2.45, 2.75) is 37.3 Å². The van der Waals surface area contributed by atoms with Crippen LogP contribution in [0.15, 0.2) is 24.3 Å². The van der Waals surface area contributed by atoms with E-state index in [2.05, 4.69) is 5.32 Å². The number of carboxylic acids is 1. The van der Waals surface area contributed by atoms with Crippen LogP contribution in [0.2, 0.25) is 0 Å². The average molecular weight is 365 g/mol. The van der Waals surface area contributed by atoms with Gasteiger partial charge in [-0.15, -0.1) is 0 Å². The van der Waals surface area contributed by atoms with E-state index in [-0.39, 0.29) is 12.0 Å². The summed E-state index contributed by atoms with van der Waals surface area (Å²) in [7, 11) is 0. The van der Waals surface area contributed by atoms with Crippen molar-refractivity contribution in [1.82, 2.24) is 5.32 Å². The van der Waals surface area contributed by atoms with Gasteiger partial charge < -0.3 is 19.9 Å². The van der Waals surface area contributed by atoms with E-state index in [9.17, 15) is 14.7 Å². The summed E-state index contributed by atoms with van der Waals surface area (Å²) < 4.78 is 11.2. The number of rotatable bonds is 6. The van der Waals surface area contributed by atoms with Crippen molar-refractivity contribution in [3.8, 4) is 5.75 Å². The van der Waals surface area contributed by atoms with Gasteiger partial charge in [-0.1, -0.05) is 6.07 Å². The summed E-state index contributed by atoms with van der Waals surface area (Å²) >= 11 is 1.71. The molecule has 3 rings (SSSR count). The first kappa shape index (κ1) is 18.1. The van der Waals surface area contributed by atoms with Crippen molar-refractivity contribution in [1.29, 1.82) is 0 Å². The van der Waals surface area contributed by atoms with Crippen LogP contribution in [-0.4, -0.2) is 53.3 Å². The highest BCUT2D eigenvalue weighted by molar-refractivity contribution is 7.99. The first-order valence-electron chi connectivity index (χ1n) is 8.57. The molecule has 2 heterocycles. The predicted molar refractivity (Wildman–Crippen MR) is 95.3 cm³/mol. The van der Waals surface area contributed by atoms with Crippen LogP contribution in [0, 0.1) is 0 Å². The van der Waals surface area contributed by atoms with Gasteiger partial charge >= 0.3 is 5.97 Å². The molecule has 1 amide bonds. The van der Waals surface area contributed by atoms with Crippen molar-refractivity contribution in [2.24, 2.45) is 0 Å². The van der Waals surface area contributed by atoms with Crippen LogP contribution in [0.1, 0.15) is 36.0 Å². The number of nitrogens with one attached hydrogen (secondary N) is 1. The second kappa shape index (κ2) is 8.10. The summed E-state index contributed by atoms with van der Waals surface area (Å²) in [5, 5.41) is 12.3. The topological polar surface area (TPSA) is 84.9 Å². The molecule has 0 aromatic heterocycles. The minimum atomic E-state index is -1.17. The van der Waals surface area contributed by atoms with E-state index in [1.54, 1.807) is 36.0 Å². The summed E-state index contributed by atoms with van der Waals surface area (Å²) in [4.78, 5) is 24.3. The fourth-order valence-corrected chi connectivity index (χ4v) is 4.28. The predicted octanol–water partition coefficient (Wildman–Crippen LogP) is 2.32. The summed E-state index contributed by atoms with van der Waals surface area (Å²) in [6.45, 7) is 1.23. The van der Waals surface area contributed by atoms with Gasteiger partial charge in [0.25, 0.3) is 5.91 Å². The highest BCUT2D eigenvalue weighted by atomic mass is 32.2. The maximum atomic E-state index is 12.6. The second-order valence-corrected chi connectivity index (χ2v) is 7.65. The van der Waals surface area contributed by atoms with E-state index >= 15 is 0 Å². The molecule has 6 nitrogen and oxygen atoms in total. The van der Waals surface area contributed by atoms with Crippen LogP contribution >= 0.6 is 11.8 Å². The maximum Gasteiger partial charge on any atom is 0.329 e. The lowest BCUT2D eigenvalue weighted by Gasteiger charge is -2.33. The first-order chi connectivity index (χ1) is 12.1. The Morgan fingerprint density at radius 3 is 2.84 bits per heavy atom. The summed E-state index contributed by atoms with van der Waals surface area (Å²) in [5.74, 6) is 0.712. The molecule has 0 aliphatic carbocycles. The normalized spacial score (nSPS) is 22.3. The van der Waals surface area contributed by atoms with Gasteiger partial charge in [0, 0.05) is 12.2 Å². The molecule has 25 heavy (non-hydrogen) atoms. The van der Waals surface area contributed by atoms with Gasteiger partial charge in [-0.2, -0.15) is 11.8 Å². The number of thioether (sulfide) groups is 1. The Morgan fingerprint density at radius 1 is 1.36 bits per heavy atom. The van der Waals surface area contributed by atoms with Gasteiger partial charge in [0.2, 0.25) is 0 Å². The quantitative estimate of drug-likeness (QED) is 0.805. The van der Waals surface area contributed by atoms with Gasteiger partial charge in [0.15, 0.2) is 0 Å². The van der Waals surface area contributed by atoms with Crippen LogP contribution in [0.4, 0.5) is 0 Å². The monoisotopic (exact) mass is 365 g/mol. The highest BCUT2D eigenvalue weighted by Gasteiger charge is 2.41. The Balaban J connectivity index is 1.64. The van der Waals surface area contributed by atoms with Crippen LogP contribution in [0.25, 0.3) is 0 Å². The molecular weight excluding hydrogens is 342 g/mol. The average Bonchev–Trinajstić information content (AvgIpc) is 3.14. The van der Waals surface area contributed by atoms with Crippen LogP contribution < -0.4 is 10.1 Å². The van der Waals surface area contributed by atoms with Crippen molar-refractivity contribution in [2.75, 3.05) is 24.7 Å². The zero-order valence-corrected chi connectivity index (χ0v) is 14.8. The molecule has 1 unspecified atom stereocenters. The van der Waals surface area contributed by atoms with Gasteiger partial charge in [-0.25, -0.2) is 4.79 Å². The van der Waals surface area contributed by atoms with E-state index in [1.807, 2.05) is 0 Å². The van der Waals surface area contributed by atoms with Gasteiger partial charge in [0.1, 0.15) is 17.9 Å². The third kappa shape index (κ3) is 4.46. The number of ether oxygens (including phenoxy) is 2. The molecule has 2 saturated heterocycles. The molecule has 1 atom stereocenters. The van der Waals surface area contributed by atoms with E-state index in [4.69, 9.17) is 9.47 Å². The number of benzene rings is 1. The molecule has 2 aliphatic heterocycles. The largest absolute Gasteiger partial charge is 0.491 e. The minimum absolute atomic E-state index is 0.104.